The zero-order valence-electron chi connectivity index (χ0n) is 10.2. The molecular formula is C13H11N3O2S. The van der Waals surface area contributed by atoms with E-state index in [2.05, 4.69) is 9.97 Å². The molecule has 0 aromatic carbocycles. The minimum Gasteiger partial charge on any atom is -0.451 e. The molecule has 0 N–H and O–H groups in total. The Labute approximate surface area is 113 Å². The highest BCUT2D eigenvalue weighted by molar-refractivity contribution is 7.09. The van der Waals surface area contributed by atoms with Gasteiger partial charge in [0.05, 0.1) is 6.20 Å². The van der Waals surface area contributed by atoms with E-state index in [0.29, 0.717) is 5.69 Å². The Balaban J connectivity index is 1.84. The highest BCUT2D eigenvalue weighted by Crippen LogP contribution is 2.20. The molecule has 0 spiro atoms. The molecule has 0 saturated heterocycles. The van der Waals surface area contributed by atoms with Gasteiger partial charge in [-0.15, -0.1) is 11.3 Å². The van der Waals surface area contributed by atoms with E-state index < -0.39 is 5.97 Å². The molecule has 0 amide bonds. The normalized spacial score (nSPS) is 12.5. The summed E-state index contributed by atoms with van der Waals surface area (Å²) in [6, 6.07) is 5.55. The molecule has 0 bridgehead atoms. The summed E-state index contributed by atoms with van der Waals surface area (Å²) in [5.41, 5.74) is 1.13. The molecule has 5 nitrogen and oxygen atoms in total. The topological polar surface area (TPSA) is 56.5 Å². The molecule has 0 fully saturated rings. The minimum atomic E-state index is -0.401. The van der Waals surface area contributed by atoms with Gasteiger partial charge in [0.2, 0.25) is 0 Å². The Morgan fingerprint density at radius 3 is 3.11 bits per heavy atom. The molecule has 3 rings (SSSR count). The summed E-state index contributed by atoms with van der Waals surface area (Å²) in [5, 5.41) is 2.63. The number of imidazole rings is 1. The zero-order chi connectivity index (χ0) is 13.2. The maximum Gasteiger partial charge on any atom is 0.357 e. The molecule has 0 aliphatic carbocycles. The van der Waals surface area contributed by atoms with Gasteiger partial charge >= 0.3 is 5.97 Å². The first-order valence-corrected chi connectivity index (χ1v) is 6.66. The number of esters is 1. The Morgan fingerprint density at radius 2 is 2.32 bits per heavy atom. The summed E-state index contributed by atoms with van der Waals surface area (Å²) in [7, 11) is 0. The van der Waals surface area contributed by atoms with Crippen molar-refractivity contribution in [2.24, 2.45) is 0 Å². The molecule has 3 heterocycles. The minimum absolute atomic E-state index is 0.359. The fourth-order valence-corrected chi connectivity index (χ4v) is 2.41. The number of hydrogen-bond acceptors (Lipinski definition) is 5. The molecule has 0 aliphatic heterocycles. The Hall–Kier alpha value is -2.21. The van der Waals surface area contributed by atoms with Crippen molar-refractivity contribution in [3.8, 4) is 0 Å². The number of carbonyl (C=O) groups excluding carboxylic acids is 1. The van der Waals surface area contributed by atoms with Crippen molar-refractivity contribution in [1.82, 2.24) is 14.4 Å². The third kappa shape index (κ3) is 2.22. The van der Waals surface area contributed by atoms with E-state index in [1.54, 1.807) is 23.7 Å². The lowest BCUT2D eigenvalue weighted by molar-refractivity contribution is 0.0329. The van der Waals surface area contributed by atoms with Crippen LogP contribution in [0.4, 0.5) is 0 Å². The van der Waals surface area contributed by atoms with Crippen molar-refractivity contribution >= 4 is 23.0 Å². The third-order valence-electron chi connectivity index (χ3n) is 2.71. The molecule has 1 atom stereocenters. The Morgan fingerprint density at radius 1 is 1.42 bits per heavy atom. The van der Waals surface area contributed by atoms with E-state index in [9.17, 15) is 4.79 Å². The molecule has 0 radical (unpaired) electrons. The van der Waals surface area contributed by atoms with Crippen molar-refractivity contribution in [1.29, 1.82) is 0 Å². The summed E-state index contributed by atoms with van der Waals surface area (Å²) < 4.78 is 7.10. The molecule has 96 valence electrons. The summed E-state index contributed by atoms with van der Waals surface area (Å²) >= 11 is 1.46. The number of hydrogen-bond donors (Lipinski definition) is 0. The molecular weight excluding hydrogens is 262 g/mol. The van der Waals surface area contributed by atoms with Crippen molar-refractivity contribution in [2.75, 3.05) is 0 Å². The first-order chi connectivity index (χ1) is 9.25. The van der Waals surface area contributed by atoms with Crippen LogP contribution in [0.15, 0.2) is 42.2 Å². The molecule has 0 aliphatic rings. The number of carbonyl (C=O) groups is 1. The number of rotatable bonds is 3. The zero-order valence-corrected chi connectivity index (χ0v) is 11.0. The number of nitrogens with zero attached hydrogens (tertiary/aromatic N) is 3. The average molecular weight is 273 g/mol. The predicted molar refractivity (Wildman–Crippen MR) is 71.1 cm³/mol. The first-order valence-electron chi connectivity index (χ1n) is 5.78. The van der Waals surface area contributed by atoms with Crippen LogP contribution in [0.3, 0.4) is 0 Å². The van der Waals surface area contributed by atoms with Crippen molar-refractivity contribution < 1.29 is 9.53 Å². The summed E-state index contributed by atoms with van der Waals surface area (Å²) in [6.07, 6.45) is 4.64. The highest BCUT2D eigenvalue weighted by Gasteiger charge is 2.18. The van der Waals surface area contributed by atoms with Crippen LogP contribution in [-0.2, 0) is 4.74 Å². The van der Waals surface area contributed by atoms with E-state index in [-0.39, 0.29) is 6.10 Å². The lowest BCUT2D eigenvalue weighted by Crippen LogP contribution is -2.11. The number of pyridine rings is 1. The van der Waals surface area contributed by atoms with Crippen LogP contribution in [0.1, 0.15) is 28.5 Å². The SMILES string of the molecule is CC(OC(=O)c1cnc2ccccn12)c1nccs1. The number of fused-ring (bicyclic) bond motifs is 1. The monoisotopic (exact) mass is 273 g/mol. The van der Waals surface area contributed by atoms with Crippen LogP contribution in [0.25, 0.3) is 5.65 Å². The second-order valence-electron chi connectivity index (χ2n) is 3.99. The smallest absolute Gasteiger partial charge is 0.357 e. The van der Waals surface area contributed by atoms with Crippen LogP contribution in [-0.4, -0.2) is 20.3 Å². The third-order valence-corrected chi connectivity index (χ3v) is 3.65. The fourth-order valence-electron chi connectivity index (χ4n) is 1.79. The van der Waals surface area contributed by atoms with Crippen molar-refractivity contribution in [2.45, 2.75) is 13.0 Å². The van der Waals surface area contributed by atoms with E-state index in [4.69, 9.17) is 4.74 Å². The Bertz CT molecular complexity index is 706. The van der Waals surface area contributed by atoms with Crippen molar-refractivity contribution in [3.05, 3.63) is 52.9 Å². The number of aromatic nitrogens is 3. The van der Waals surface area contributed by atoms with Gasteiger partial charge in [0.25, 0.3) is 0 Å². The molecule has 0 saturated carbocycles. The second kappa shape index (κ2) is 4.81. The highest BCUT2D eigenvalue weighted by atomic mass is 32.1. The lowest BCUT2D eigenvalue weighted by Gasteiger charge is -2.10. The van der Waals surface area contributed by atoms with Crippen LogP contribution < -0.4 is 0 Å². The largest absolute Gasteiger partial charge is 0.451 e. The van der Waals surface area contributed by atoms with Gasteiger partial charge < -0.3 is 4.74 Å². The maximum atomic E-state index is 12.1. The van der Waals surface area contributed by atoms with Gasteiger partial charge in [0, 0.05) is 17.8 Å². The van der Waals surface area contributed by atoms with Gasteiger partial charge in [0.1, 0.15) is 10.7 Å². The Kier molecular flexibility index (Phi) is 3.00. The van der Waals surface area contributed by atoms with Gasteiger partial charge in [-0.05, 0) is 19.1 Å². The van der Waals surface area contributed by atoms with Gasteiger partial charge in [-0.3, -0.25) is 4.40 Å². The standard InChI is InChI=1S/C13H11N3O2S/c1-9(12-14-5-7-19-12)18-13(17)10-8-15-11-4-2-3-6-16(10)11/h2-9H,1H3. The molecule has 1 unspecified atom stereocenters. The van der Waals surface area contributed by atoms with Gasteiger partial charge in [0.15, 0.2) is 11.8 Å². The van der Waals surface area contributed by atoms with Crippen LogP contribution >= 0.6 is 11.3 Å². The second-order valence-corrected chi connectivity index (χ2v) is 4.92. The summed E-state index contributed by atoms with van der Waals surface area (Å²) in [6.45, 7) is 1.81. The van der Waals surface area contributed by atoms with Crippen LogP contribution in [0, 0.1) is 0 Å². The fraction of sp³-hybridized carbons (Fsp3) is 0.154. The average Bonchev–Trinajstić information content (AvgIpc) is 3.08. The van der Waals surface area contributed by atoms with E-state index in [1.807, 2.05) is 23.6 Å². The van der Waals surface area contributed by atoms with Gasteiger partial charge in [-0.25, -0.2) is 14.8 Å². The van der Waals surface area contributed by atoms with Gasteiger partial charge in [-0.2, -0.15) is 0 Å². The summed E-state index contributed by atoms with van der Waals surface area (Å²) in [4.78, 5) is 20.4. The van der Waals surface area contributed by atoms with Gasteiger partial charge in [-0.1, -0.05) is 6.07 Å². The molecule has 3 aromatic rings. The van der Waals surface area contributed by atoms with E-state index in [1.165, 1.54) is 17.5 Å². The van der Waals surface area contributed by atoms with Crippen LogP contribution in [0.2, 0.25) is 0 Å². The predicted octanol–water partition coefficient (Wildman–Crippen LogP) is 2.71. The molecule has 19 heavy (non-hydrogen) atoms. The number of ether oxygens (including phenoxy) is 1. The van der Waals surface area contributed by atoms with E-state index >= 15 is 0 Å². The number of thiazole rings is 1. The quantitative estimate of drug-likeness (QED) is 0.688. The first kappa shape index (κ1) is 11.9. The van der Waals surface area contributed by atoms with E-state index in [0.717, 1.165) is 10.7 Å². The van der Waals surface area contributed by atoms with Crippen LogP contribution in [0.5, 0.6) is 0 Å². The van der Waals surface area contributed by atoms with Crippen molar-refractivity contribution in [3.63, 3.8) is 0 Å². The summed E-state index contributed by atoms with van der Waals surface area (Å²) in [5.74, 6) is -0.401. The maximum absolute atomic E-state index is 12.1. The lowest BCUT2D eigenvalue weighted by atomic mass is 10.4. The molecule has 6 heteroatoms. The molecule has 3 aromatic heterocycles.